The SMILES string of the molecule is C[C@H]1O[C@@H](O[C@H]2CC[C@@]3(C)[C@H](CC[C@]4(C)[C@@H]3C=C[C@@]35OC[C@@]6(CCC(C)(C)C[C@@H]63)[C@@H](O)C[C@@]45C)[C@]2(C)CO)[C@H](O)[C@@H](O)[C@H]1O. The molecule has 2 aliphatic heterocycles. The number of aliphatic hydroxyl groups is 5. The highest BCUT2D eigenvalue weighted by Gasteiger charge is 2.79. The molecular weight excluding hydrogens is 560 g/mol. The maximum atomic E-state index is 12.0. The Hall–Kier alpha value is -0.580. The molecule has 250 valence electrons. The molecule has 0 amide bonds. The summed E-state index contributed by atoms with van der Waals surface area (Å²) in [4.78, 5) is 0. The van der Waals surface area contributed by atoms with E-state index in [9.17, 15) is 25.5 Å². The van der Waals surface area contributed by atoms with Crippen molar-refractivity contribution in [2.75, 3.05) is 13.2 Å². The van der Waals surface area contributed by atoms with Gasteiger partial charge in [0.1, 0.15) is 18.3 Å². The van der Waals surface area contributed by atoms with Gasteiger partial charge in [-0.3, -0.25) is 0 Å². The van der Waals surface area contributed by atoms with Crippen molar-refractivity contribution >= 4 is 0 Å². The molecule has 0 aromatic carbocycles. The van der Waals surface area contributed by atoms with Gasteiger partial charge in [-0.15, -0.1) is 0 Å². The monoisotopic (exact) mass is 618 g/mol. The van der Waals surface area contributed by atoms with Gasteiger partial charge < -0.3 is 39.7 Å². The van der Waals surface area contributed by atoms with Crippen LogP contribution >= 0.6 is 0 Å². The van der Waals surface area contributed by atoms with E-state index in [1.165, 1.54) is 0 Å². The van der Waals surface area contributed by atoms with Gasteiger partial charge in [-0.05, 0) is 86.4 Å². The maximum Gasteiger partial charge on any atom is 0.186 e. The zero-order valence-electron chi connectivity index (χ0n) is 28.0. The van der Waals surface area contributed by atoms with Crippen molar-refractivity contribution in [3.05, 3.63) is 12.2 Å². The van der Waals surface area contributed by atoms with Crippen LogP contribution in [-0.4, -0.2) is 87.3 Å². The average Bonchev–Trinajstić information content (AvgIpc) is 3.24. The molecule has 44 heavy (non-hydrogen) atoms. The number of fused-ring (bicyclic) bond motifs is 4. The zero-order valence-corrected chi connectivity index (χ0v) is 28.0. The Labute approximate surface area is 263 Å². The molecule has 8 nitrogen and oxygen atoms in total. The third-order valence-corrected chi connectivity index (χ3v) is 15.8. The summed E-state index contributed by atoms with van der Waals surface area (Å²) >= 11 is 0. The molecule has 1 spiro atoms. The van der Waals surface area contributed by atoms with Gasteiger partial charge in [-0.1, -0.05) is 53.7 Å². The van der Waals surface area contributed by atoms with Gasteiger partial charge in [0.25, 0.3) is 0 Å². The molecule has 2 heterocycles. The van der Waals surface area contributed by atoms with Gasteiger partial charge >= 0.3 is 0 Å². The van der Waals surface area contributed by atoms with Crippen molar-refractivity contribution in [1.29, 1.82) is 0 Å². The number of allylic oxidation sites excluding steroid dienone is 1. The number of aliphatic hydroxyl groups excluding tert-OH is 5. The molecule has 0 unspecified atom stereocenters. The largest absolute Gasteiger partial charge is 0.396 e. The second-order valence-electron chi connectivity index (χ2n) is 18.1. The molecule has 7 rings (SSSR count). The minimum absolute atomic E-state index is 0.0582. The number of ether oxygens (including phenoxy) is 3. The number of hydrogen-bond donors (Lipinski definition) is 5. The highest BCUT2D eigenvalue weighted by molar-refractivity contribution is 5.36. The van der Waals surface area contributed by atoms with Gasteiger partial charge in [-0.25, -0.2) is 0 Å². The fourth-order valence-electron chi connectivity index (χ4n) is 12.8. The highest BCUT2D eigenvalue weighted by atomic mass is 16.7. The third-order valence-electron chi connectivity index (χ3n) is 15.8. The van der Waals surface area contributed by atoms with Gasteiger partial charge in [-0.2, -0.15) is 0 Å². The predicted octanol–water partition coefficient (Wildman–Crippen LogP) is 3.95. The Morgan fingerprint density at radius 1 is 0.841 bits per heavy atom. The molecule has 0 aromatic heterocycles. The molecular formula is C36H58O8. The summed E-state index contributed by atoms with van der Waals surface area (Å²) in [5, 5.41) is 54.4. The van der Waals surface area contributed by atoms with Crippen molar-refractivity contribution in [3.63, 3.8) is 0 Å². The number of hydrogen-bond acceptors (Lipinski definition) is 8. The quantitative estimate of drug-likeness (QED) is 0.238. The van der Waals surface area contributed by atoms with Crippen LogP contribution in [0, 0.1) is 50.2 Å². The second kappa shape index (κ2) is 9.74. The summed E-state index contributed by atoms with van der Waals surface area (Å²) in [5.41, 5.74) is -1.36. The van der Waals surface area contributed by atoms with E-state index in [1.54, 1.807) is 6.92 Å². The molecule has 2 bridgehead atoms. The summed E-state index contributed by atoms with van der Waals surface area (Å²) in [6.45, 7) is 16.4. The Kier molecular flexibility index (Phi) is 7.08. The normalized spacial score (nSPS) is 61.0. The summed E-state index contributed by atoms with van der Waals surface area (Å²) < 4.78 is 19.4. The molecule has 6 fully saturated rings. The van der Waals surface area contributed by atoms with E-state index in [0.29, 0.717) is 18.9 Å². The lowest BCUT2D eigenvalue weighted by Crippen LogP contribution is -2.72. The molecule has 5 aliphatic carbocycles. The topological polar surface area (TPSA) is 129 Å². The second-order valence-corrected chi connectivity index (χ2v) is 18.1. The fourth-order valence-corrected chi connectivity index (χ4v) is 12.8. The predicted molar refractivity (Wildman–Crippen MR) is 164 cm³/mol. The van der Waals surface area contributed by atoms with Gasteiger partial charge in [0.15, 0.2) is 6.29 Å². The minimum Gasteiger partial charge on any atom is -0.396 e. The van der Waals surface area contributed by atoms with Crippen LogP contribution in [0.4, 0.5) is 0 Å². The van der Waals surface area contributed by atoms with E-state index >= 15 is 0 Å². The molecule has 16 atom stereocenters. The Bertz CT molecular complexity index is 1190. The van der Waals surface area contributed by atoms with Crippen LogP contribution in [0.5, 0.6) is 0 Å². The first-order chi connectivity index (χ1) is 20.4. The highest BCUT2D eigenvalue weighted by Crippen LogP contribution is 2.79. The summed E-state index contributed by atoms with van der Waals surface area (Å²) in [7, 11) is 0. The van der Waals surface area contributed by atoms with E-state index in [4.69, 9.17) is 14.2 Å². The Morgan fingerprint density at radius 2 is 1.57 bits per heavy atom. The summed E-state index contributed by atoms with van der Waals surface area (Å²) in [6, 6.07) is 0. The average molecular weight is 619 g/mol. The van der Waals surface area contributed by atoms with Gasteiger partial charge in [0.05, 0.1) is 37.1 Å². The third kappa shape index (κ3) is 3.75. The smallest absolute Gasteiger partial charge is 0.186 e. The summed E-state index contributed by atoms with van der Waals surface area (Å²) in [5.74, 6) is 0.695. The van der Waals surface area contributed by atoms with Crippen LogP contribution in [0.2, 0.25) is 0 Å². The first kappa shape index (κ1) is 32.0. The van der Waals surface area contributed by atoms with Gasteiger partial charge in [0, 0.05) is 22.2 Å². The van der Waals surface area contributed by atoms with Crippen LogP contribution in [0.3, 0.4) is 0 Å². The van der Waals surface area contributed by atoms with Crippen LogP contribution in [0.1, 0.15) is 99.8 Å². The minimum atomic E-state index is -1.37. The van der Waals surface area contributed by atoms with Crippen molar-refractivity contribution in [2.24, 2.45) is 50.2 Å². The first-order valence-corrected chi connectivity index (χ1v) is 17.4. The van der Waals surface area contributed by atoms with Crippen LogP contribution in [0.25, 0.3) is 0 Å². The van der Waals surface area contributed by atoms with E-state index in [0.717, 1.165) is 44.9 Å². The zero-order chi connectivity index (χ0) is 31.9. The molecule has 2 saturated heterocycles. The first-order valence-electron chi connectivity index (χ1n) is 17.4. The molecule has 0 radical (unpaired) electrons. The van der Waals surface area contributed by atoms with Crippen LogP contribution in [-0.2, 0) is 14.2 Å². The molecule has 8 heteroatoms. The number of rotatable bonds is 3. The van der Waals surface area contributed by atoms with E-state index in [-0.39, 0.29) is 63.3 Å². The van der Waals surface area contributed by atoms with Crippen molar-refractivity contribution in [3.8, 4) is 0 Å². The Morgan fingerprint density at radius 3 is 2.27 bits per heavy atom. The van der Waals surface area contributed by atoms with E-state index < -0.39 is 36.1 Å². The van der Waals surface area contributed by atoms with Crippen molar-refractivity contribution in [2.45, 2.75) is 148 Å². The lowest BCUT2D eigenvalue weighted by molar-refractivity contribution is -0.329. The fraction of sp³-hybridized carbons (Fsp3) is 0.944. The standard InChI is InChI=1S/C36H58O8/c1-20-26(39)27(40)28(41)29(43-20)44-25-10-11-31(4)21(32(25,5)18-37)8-12-33(6)22(31)9-13-36-23-16-30(2,3)14-15-35(23,19-42-36)24(38)17-34(33,36)7/h9,13,20-29,37-41H,8,10-12,14-19H2,1-7H3/t20-,21+,22-,23+,24+,25+,26+,27+,28-,29+,31+,32+,33-,34+,35-,36-/m1/s1. The molecule has 0 aromatic rings. The van der Waals surface area contributed by atoms with Crippen molar-refractivity contribution < 1.29 is 39.7 Å². The lowest BCUT2D eigenvalue weighted by atomic mass is 9.32. The van der Waals surface area contributed by atoms with Crippen molar-refractivity contribution in [1.82, 2.24) is 0 Å². The molecule has 4 saturated carbocycles. The lowest BCUT2D eigenvalue weighted by Gasteiger charge is -2.73. The van der Waals surface area contributed by atoms with Crippen LogP contribution in [0.15, 0.2) is 12.2 Å². The molecule has 7 aliphatic rings. The van der Waals surface area contributed by atoms with Gasteiger partial charge in [0.2, 0.25) is 0 Å². The van der Waals surface area contributed by atoms with E-state index in [1.807, 2.05) is 0 Å². The molecule has 5 N–H and O–H groups in total. The summed E-state index contributed by atoms with van der Waals surface area (Å²) in [6.07, 6.45) is 5.98. The van der Waals surface area contributed by atoms with E-state index in [2.05, 4.69) is 53.7 Å². The maximum absolute atomic E-state index is 12.0. The Balaban J connectivity index is 1.23. The van der Waals surface area contributed by atoms with Crippen LogP contribution < -0.4 is 0 Å².